The number of hydrogen-bond acceptors (Lipinski definition) is 6. The van der Waals surface area contributed by atoms with Gasteiger partial charge in [-0.3, -0.25) is 14.7 Å². The maximum Gasteiger partial charge on any atom is 0.306 e. The molecule has 1 aliphatic heterocycles. The number of carboxylic acid groups (broad SMARTS) is 1. The summed E-state index contributed by atoms with van der Waals surface area (Å²) >= 11 is 0. The van der Waals surface area contributed by atoms with Crippen LogP contribution < -0.4 is 14.2 Å². The Morgan fingerprint density at radius 2 is 1.75 bits per heavy atom. The molecule has 1 aromatic heterocycles. The highest BCUT2D eigenvalue weighted by molar-refractivity contribution is 5.79. The zero-order chi connectivity index (χ0) is 22.7. The summed E-state index contributed by atoms with van der Waals surface area (Å²) in [4.78, 5) is 18.5. The zero-order valence-corrected chi connectivity index (χ0v) is 18.6. The number of nitrogens with zero attached hydrogens (tertiary/aromatic N) is 2. The van der Waals surface area contributed by atoms with Gasteiger partial charge in [-0.15, -0.1) is 0 Å². The second-order valence-electron chi connectivity index (χ2n) is 7.94. The van der Waals surface area contributed by atoms with Gasteiger partial charge in [-0.1, -0.05) is 18.2 Å². The lowest BCUT2D eigenvalue weighted by molar-refractivity contribution is -0.143. The van der Waals surface area contributed by atoms with E-state index >= 15 is 0 Å². The summed E-state index contributed by atoms with van der Waals surface area (Å²) in [6, 6.07) is 13.8. The molecule has 0 radical (unpaired) electrons. The number of ether oxygens (including phenoxy) is 3. The van der Waals surface area contributed by atoms with Crippen molar-refractivity contribution in [2.45, 2.75) is 18.9 Å². The van der Waals surface area contributed by atoms with Gasteiger partial charge in [0.15, 0.2) is 11.5 Å². The molecule has 1 aliphatic rings. The molecule has 2 aromatic carbocycles. The normalized spacial score (nSPS) is 16.0. The standard InChI is InChI=1S/C25H28N2O5/c1-30-21-9-8-19(23(31-2)24(21)32-3)22(27-12-10-16(11-13-27)25(28)29)18-14-17-6-4-5-7-20(17)26-15-18/h4-9,14-16,22H,10-13H2,1-3H3,(H,28,29). The average Bonchev–Trinajstić information content (AvgIpc) is 2.83. The fraction of sp³-hybridized carbons (Fsp3) is 0.360. The predicted molar refractivity (Wildman–Crippen MR) is 122 cm³/mol. The Labute approximate surface area is 187 Å². The molecule has 168 valence electrons. The first kappa shape index (κ1) is 21.9. The summed E-state index contributed by atoms with van der Waals surface area (Å²) in [5.41, 5.74) is 2.87. The summed E-state index contributed by atoms with van der Waals surface area (Å²) in [5.74, 6) is 0.691. The van der Waals surface area contributed by atoms with Gasteiger partial charge in [-0.05, 0) is 55.8 Å². The van der Waals surface area contributed by atoms with E-state index in [1.807, 2.05) is 42.6 Å². The Morgan fingerprint density at radius 3 is 2.41 bits per heavy atom. The number of fused-ring (bicyclic) bond motifs is 1. The summed E-state index contributed by atoms with van der Waals surface area (Å²) in [7, 11) is 4.81. The molecule has 4 rings (SSSR count). The topological polar surface area (TPSA) is 81.1 Å². The molecule has 0 aliphatic carbocycles. The third-order valence-corrected chi connectivity index (χ3v) is 6.20. The highest BCUT2D eigenvalue weighted by Gasteiger charge is 2.33. The molecule has 1 saturated heterocycles. The van der Waals surface area contributed by atoms with Crippen LogP contribution in [-0.2, 0) is 4.79 Å². The van der Waals surface area contributed by atoms with Gasteiger partial charge in [0.25, 0.3) is 0 Å². The number of carboxylic acids is 1. The Bertz CT molecular complexity index is 1110. The van der Waals surface area contributed by atoms with Gasteiger partial charge in [0.2, 0.25) is 5.75 Å². The number of para-hydroxylation sites is 1. The number of hydrogen-bond donors (Lipinski definition) is 1. The molecule has 0 saturated carbocycles. The molecule has 7 nitrogen and oxygen atoms in total. The van der Waals surface area contributed by atoms with Crippen molar-refractivity contribution in [2.75, 3.05) is 34.4 Å². The Hall–Kier alpha value is -3.32. The fourth-order valence-corrected chi connectivity index (χ4v) is 4.57. The number of aliphatic carboxylic acids is 1. The number of likely N-dealkylation sites (tertiary alicyclic amines) is 1. The van der Waals surface area contributed by atoms with Gasteiger partial charge in [0.05, 0.1) is 38.8 Å². The van der Waals surface area contributed by atoms with Crippen molar-refractivity contribution in [3.63, 3.8) is 0 Å². The van der Waals surface area contributed by atoms with Crippen LogP contribution in [0.5, 0.6) is 17.2 Å². The third kappa shape index (κ3) is 4.08. The van der Waals surface area contributed by atoms with Gasteiger partial charge in [0.1, 0.15) is 0 Å². The second-order valence-corrected chi connectivity index (χ2v) is 7.94. The van der Waals surface area contributed by atoms with E-state index in [0.717, 1.165) is 22.0 Å². The van der Waals surface area contributed by atoms with Crippen molar-refractivity contribution in [3.05, 3.63) is 59.8 Å². The summed E-state index contributed by atoms with van der Waals surface area (Å²) in [6.07, 6.45) is 3.09. The van der Waals surface area contributed by atoms with Crippen molar-refractivity contribution in [1.82, 2.24) is 9.88 Å². The molecule has 1 fully saturated rings. The van der Waals surface area contributed by atoms with Crippen LogP contribution in [0.1, 0.15) is 30.0 Å². The number of piperidine rings is 1. The van der Waals surface area contributed by atoms with E-state index in [-0.39, 0.29) is 12.0 Å². The molecule has 1 unspecified atom stereocenters. The summed E-state index contributed by atoms with van der Waals surface area (Å²) < 4.78 is 16.9. The maximum atomic E-state index is 11.5. The lowest BCUT2D eigenvalue weighted by Gasteiger charge is -2.37. The largest absolute Gasteiger partial charge is 0.493 e. The monoisotopic (exact) mass is 436 g/mol. The Balaban J connectivity index is 1.83. The number of pyridine rings is 1. The van der Waals surface area contributed by atoms with Crippen LogP contribution in [0.4, 0.5) is 0 Å². The number of benzene rings is 2. The molecule has 32 heavy (non-hydrogen) atoms. The van der Waals surface area contributed by atoms with Gasteiger partial charge >= 0.3 is 5.97 Å². The van der Waals surface area contributed by atoms with E-state index < -0.39 is 5.97 Å². The van der Waals surface area contributed by atoms with Crippen LogP contribution in [0.3, 0.4) is 0 Å². The minimum Gasteiger partial charge on any atom is -0.493 e. The molecule has 0 amide bonds. The molecule has 1 atom stereocenters. The van der Waals surface area contributed by atoms with Gasteiger partial charge in [0, 0.05) is 17.1 Å². The molecule has 2 heterocycles. The van der Waals surface area contributed by atoms with E-state index in [0.29, 0.717) is 43.2 Å². The number of carbonyl (C=O) groups is 1. The predicted octanol–water partition coefficient (Wildman–Crippen LogP) is 4.15. The minimum atomic E-state index is -0.725. The van der Waals surface area contributed by atoms with E-state index in [9.17, 15) is 9.90 Å². The zero-order valence-electron chi connectivity index (χ0n) is 18.6. The lowest BCUT2D eigenvalue weighted by atomic mass is 9.91. The maximum absolute atomic E-state index is 11.5. The second kappa shape index (κ2) is 9.44. The third-order valence-electron chi connectivity index (χ3n) is 6.20. The average molecular weight is 437 g/mol. The van der Waals surface area contributed by atoms with Crippen LogP contribution in [0.25, 0.3) is 10.9 Å². The number of rotatable bonds is 7. The number of methoxy groups -OCH3 is 3. The smallest absolute Gasteiger partial charge is 0.306 e. The van der Waals surface area contributed by atoms with Gasteiger partial charge in [-0.2, -0.15) is 0 Å². The molecule has 0 bridgehead atoms. The molecule has 3 aromatic rings. The van der Waals surface area contributed by atoms with Crippen molar-refractivity contribution in [3.8, 4) is 17.2 Å². The van der Waals surface area contributed by atoms with Crippen LogP contribution in [0, 0.1) is 5.92 Å². The van der Waals surface area contributed by atoms with Crippen molar-refractivity contribution < 1.29 is 24.1 Å². The Morgan fingerprint density at radius 1 is 1.03 bits per heavy atom. The molecule has 1 N–H and O–H groups in total. The van der Waals surface area contributed by atoms with Gasteiger partial charge < -0.3 is 19.3 Å². The highest BCUT2D eigenvalue weighted by Crippen LogP contribution is 2.46. The minimum absolute atomic E-state index is 0.170. The molecular formula is C25H28N2O5. The van der Waals surface area contributed by atoms with Crippen LogP contribution in [0.2, 0.25) is 0 Å². The lowest BCUT2D eigenvalue weighted by Crippen LogP contribution is -2.39. The number of aromatic nitrogens is 1. The van der Waals surface area contributed by atoms with Gasteiger partial charge in [-0.25, -0.2) is 0 Å². The molecule has 0 spiro atoms. The van der Waals surface area contributed by atoms with Crippen molar-refractivity contribution >= 4 is 16.9 Å². The molecule has 7 heteroatoms. The fourth-order valence-electron chi connectivity index (χ4n) is 4.57. The first-order chi connectivity index (χ1) is 15.6. The highest BCUT2D eigenvalue weighted by atomic mass is 16.5. The Kier molecular flexibility index (Phi) is 6.46. The first-order valence-electron chi connectivity index (χ1n) is 10.7. The van der Waals surface area contributed by atoms with Crippen LogP contribution >= 0.6 is 0 Å². The summed E-state index contributed by atoms with van der Waals surface area (Å²) in [5, 5.41) is 10.5. The SMILES string of the molecule is COc1ccc(C(c2cnc3ccccc3c2)N2CCC(C(=O)O)CC2)c(OC)c1OC. The van der Waals surface area contributed by atoms with Crippen LogP contribution in [0.15, 0.2) is 48.7 Å². The van der Waals surface area contributed by atoms with Crippen molar-refractivity contribution in [2.24, 2.45) is 5.92 Å². The first-order valence-corrected chi connectivity index (χ1v) is 10.7. The van der Waals surface area contributed by atoms with Crippen LogP contribution in [-0.4, -0.2) is 55.4 Å². The quantitative estimate of drug-likeness (QED) is 0.596. The van der Waals surface area contributed by atoms with Crippen molar-refractivity contribution in [1.29, 1.82) is 0 Å². The van der Waals surface area contributed by atoms with E-state index in [2.05, 4.69) is 16.0 Å². The van der Waals surface area contributed by atoms with E-state index in [1.54, 1.807) is 21.3 Å². The van der Waals surface area contributed by atoms with E-state index in [1.165, 1.54) is 0 Å². The van der Waals surface area contributed by atoms with E-state index in [4.69, 9.17) is 14.2 Å². The summed E-state index contributed by atoms with van der Waals surface area (Å²) in [6.45, 7) is 1.32. The molecular weight excluding hydrogens is 408 g/mol.